The van der Waals surface area contributed by atoms with Crippen molar-refractivity contribution in [2.75, 3.05) is 7.11 Å². The van der Waals surface area contributed by atoms with Crippen LogP contribution < -0.4 is 16.0 Å². The van der Waals surface area contributed by atoms with Gasteiger partial charge in [0, 0.05) is 35.5 Å². The summed E-state index contributed by atoms with van der Waals surface area (Å²) in [5, 5.41) is 0. The molecule has 4 nitrogen and oxygen atoms in total. The first-order chi connectivity index (χ1) is 9.56. The van der Waals surface area contributed by atoms with Gasteiger partial charge in [-0.25, -0.2) is 0 Å². The maximum absolute atomic E-state index is 5.79. The molecule has 0 saturated heterocycles. The summed E-state index contributed by atoms with van der Waals surface area (Å²) in [6.45, 7) is 6.44. The number of hydrazine groups is 1. The van der Waals surface area contributed by atoms with Crippen molar-refractivity contribution in [3.05, 3.63) is 23.0 Å². The van der Waals surface area contributed by atoms with Crippen LogP contribution in [-0.2, 0) is 6.42 Å². The van der Waals surface area contributed by atoms with E-state index in [1.807, 2.05) is 13.1 Å². The summed E-state index contributed by atoms with van der Waals surface area (Å²) >= 11 is 0. The Morgan fingerprint density at radius 2 is 2.20 bits per heavy atom. The molecule has 0 amide bonds. The Morgan fingerprint density at radius 3 is 2.75 bits per heavy atom. The lowest BCUT2D eigenvalue weighted by Gasteiger charge is -2.24. The molecule has 1 aromatic heterocycles. The number of hydrogen-bond acceptors (Lipinski definition) is 4. The molecule has 1 fully saturated rings. The van der Waals surface area contributed by atoms with Gasteiger partial charge >= 0.3 is 0 Å². The molecule has 0 bridgehead atoms. The van der Waals surface area contributed by atoms with E-state index in [1.165, 1.54) is 19.3 Å². The molecular weight excluding hydrogens is 250 g/mol. The predicted molar refractivity (Wildman–Crippen MR) is 81.6 cm³/mol. The maximum atomic E-state index is 5.79. The highest BCUT2D eigenvalue weighted by Gasteiger charge is 2.29. The third-order valence-corrected chi connectivity index (χ3v) is 4.68. The predicted octanol–water partition coefficient (Wildman–Crippen LogP) is 2.52. The summed E-state index contributed by atoms with van der Waals surface area (Å²) < 4.78 is 5.48. The van der Waals surface area contributed by atoms with E-state index in [0.717, 1.165) is 34.9 Å². The number of aromatic nitrogens is 1. The minimum absolute atomic E-state index is 0.304. The highest BCUT2D eigenvalue weighted by Crippen LogP contribution is 2.34. The van der Waals surface area contributed by atoms with E-state index in [4.69, 9.17) is 10.6 Å². The number of hydrogen-bond donors (Lipinski definition) is 2. The fourth-order valence-electron chi connectivity index (χ4n) is 3.46. The number of pyridine rings is 1. The number of nitrogens with zero attached hydrogens (tertiary/aromatic N) is 1. The van der Waals surface area contributed by atoms with Crippen LogP contribution in [0, 0.1) is 25.7 Å². The fourth-order valence-corrected chi connectivity index (χ4v) is 3.46. The van der Waals surface area contributed by atoms with Crippen LogP contribution in [0.2, 0.25) is 0 Å². The van der Waals surface area contributed by atoms with Crippen molar-refractivity contribution in [3.8, 4) is 5.75 Å². The van der Waals surface area contributed by atoms with Gasteiger partial charge in [0.15, 0.2) is 0 Å². The molecular formula is C16H27N3O. The average molecular weight is 277 g/mol. The molecule has 4 heteroatoms. The number of nitrogens with one attached hydrogen (secondary N) is 1. The molecule has 0 aromatic carbocycles. The van der Waals surface area contributed by atoms with Gasteiger partial charge in [-0.15, -0.1) is 0 Å². The number of aryl methyl sites for hydroxylation is 1. The molecule has 1 heterocycles. The van der Waals surface area contributed by atoms with Gasteiger partial charge < -0.3 is 4.74 Å². The molecule has 1 aliphatic rings. The van der Waals surface area contributed by atoms with Gasteiger partial charge in [0.05, 0.1) is 7.11 Å². The molecule has 2 rings (SSSR count). The summed E-state index contributed by atoms with van der Waals surface area (Å²) in [6, 6.07) is 0.304. The summed E-state index contributed by atoms with van der Waals surface area (Å²) in [6.07, 6.45) is 6.60. The van der Waals surface area contributed by atoms with Crippen LogP contribution in [0.3, 0.4) is 0 Å². The second-order valence-corrected chi connectivity index (χ2v) is 6.20. The van der Waals surface area contributed by atoms with E-state index in [-0.39, 0.29) is 0 Å². The third-order valence-electron chi connectivity index (χ3n) is 4.68. The molecule has 0 radical (unpaired) electrons. The van der Waals surface area contributed by atoms with Crippen LogP contribution in [-0.4, -0.2) is 18.1 Å². The molecule has 112 valence electrons. The van der Waals surface area contributed by atoms with Crippen LogP contribution in [0.1, 0.15) is 43.0 Å². The summed E-state index contributed by atoms with van der Waals surface area (Å²) in [5.41, 5.74) is 6.33. The third kappa shape index (κ3) is 3.13. The van der Waals surface area contributed by atoms with Crippen LogP contribution in [0.15, 0.2) is 6.20 Å². The van der Waals surface area contributed by atoms with Crippen molar-refractivity contribution in [1.29, 1.82) is 0 Å². The number of ether oxygens (including phenoxy) is 1. The van der Waals surface area contributed by atoms with Gasteiger partial charge in [0.25, 0.3) is 0 Å². The Kier molecular flexibility index (Phi) is 5.00. The highest BCUT2D eigenvalue weighted by atomic mass is 16.5. The Labute approximate surface area is 122 Å². The van der Waals surface area contributed by atoms with E-state index in [9.17, 15) is 0 Å². The van der Waals surface area contributed by atoms with Gasteiger partial charge in [-0.3, -0.25) is 16.3 Å². The zero-order valence-corrected chi connectivity index (χ0v) is 13.1. The largest absolute Gasteiger partial charge is 0.496 e. The molecule has 3 unspecified atom stereocenters. The van der Waals surface area contributed by atoms with Crippen molar-refractivity contribution in [2.24, 2.45) is 17.7 Å². The van der Waals surface area contributed by atoms with Crippen molar-refractivity contribution in [1.82, 2.24) is 10.4 Å². The Morgan fingerprint density at radius 1 is 1.45 bits per heavy atom. The lowest BCUT2D eigenvalue weighted by atomic mass is 9.92. The van der Waals surface area contributed by atoms with Gasteiger partial charge in [-0.2, -0.15) is 0 Å². The SMILES string of the molecule is COc1c(C)cnc(CC(NN)C2CCC(C)C2)c1C. The Bertz CT molecular complexity index is 461. The fraction of sp³-hybridized carbons (Fsp3) is 0.688. The molecule has 3 N–H and O–H groups in total. The molecule has 1 aliphatic carbocycles. The summed E-state index contributed by atoms with van der Waals surface area (Å²) in [4.78, 5) is 4.59. The topological polar surface area (TPSA) is 60.2 Å². The average Bonchev–Trinajstić information content (AvgIpc) is 2.85. The van der Waals surface area contributed by atoms with Crippen molar-refractivity contribution < 1.29 is 4.74 Å². The zero-order chi connectivity index (χ0) is 14.7. The van der Waals surface area contributed by atoms with E-state index in [2.05, 4.69) is 24.3 Å². The summed E-state index contributed by atoms with van der Waals surface area (Å²) in [5.74, 6) is 8.21. The number of rotatable bonds is 5. The highest BCUT2D eigenvalue weighted by molar-refractivity contribution is 5.41. The van der Waals surface area contributed by atoms with Gasteiger partial charge in [-0.1, -0.05) is 13.3 Å². The van der Waals surface area contributed by atoms with Crippen LogP contribution in [0.5, 0.6) is 5.75 Å². The first kappa shape index (κ1) is 15.3. The monoisotopic (exact) mass is 277 g/mol. The van der Waals surface area contributed by atoms with E-state index in [0.29, 0.717) is 12.0 Å². The second kappa shape index (κ2) is 6.55. The van der Waals surface area contributed by atoms with E-state index >= 15 is 0 Å². The van der Waals surface area contributed by atoms with E-state index in [1.54, 1.807) is 7.11 Å². The normalized spacial score (nSPS) is 23.9. The number of nitrogens with two attached hydrogens (primary N) is 1. The second-order valence-electron chi connectivity index (χ2n) is 6.20. The maximum Gasteiger partial charge on any atom is 0.128 e. The van der Waals surface area contributed by atoms with Crippen molar-refractivity contribution in [3.63, 3.8) is 0 Å². The quantitative estimate of drug-likeness (QED) is 0.641. The lowest BCUT2D eigenvalue weighted by Crippen LogP contribution is -2.42. The Hall–Kier alpha value is -1.13. The van der Waals surface area contributed by atoms with Crippen molar-refractivity contribution in [2.45, 2.75) is 52.5 Å². The minimum Gasteiger partial charge on any atom is -0.496 e. The van der Waals surface area contributed by atoms with Gasteiger partial charge in [0.2, 0.25) is 0 Å². The van der Waals surface area contributed by atoms with Crippen LogP contribution in [0.4, 0.5) is 0 Å². The van der Waals surface area contributed by atoms with E-state index < -0.39 is 0 Å². The lowest BCUT2D eigenvalue weighted by molar-refractivity contribution is 0.349. The summed E-state index contributed by atoms with van der Waals surface area (Å²) in [7, 11) is 1.72. The van der Waals surface area contributed by atoms with Crippen LogP contribution >= 0.6 is 0 Å². The van der Waals surface area contributed by atoms with Gasteiger partial charge in [-0.05, 0) is 38.5 Å². The minimum atomic E-state index is 0.304. The van der Waals surface area contributed by atoms with Crippen LogP contribution in [0.25, 0.3) is 0 Å². The first-order valence-corrected chi connectivity index (χ1v) is 7.52. The number of methoxy groups -OCH3 is 1. The van der Waals surface area contributed by atoms with Gasteiger partial charge in [0.1, 0.15) is 5.75 Å². The molecule has 1 aromatic rings. The smallest absolute Gasteiger partial charge is 0.128 e. The molecule has 0 aliphatic heterocycles. The first-order valence-electron chi connectivity index (χ1n) is 7.52. The molecule has 1 saturated carbocycles. The molecule has 3 atom stereocenters. The molecule has 20 heavy (non-hydrogen) atoms. The standard InChI is InChI=1S/C16H27N3O/c1-10-5-6-13(7-10)15(19-17)8-14-12(3)16(20-4)11(2)9-18-14/h9-10,13,15,19H,5-8,17H2,1-4H3. The van der Waals surface area contributed by atoms with Crippen molar-refractivity contribution >= 4 is 0 Å². The Balaban J connectivity index is 2.15. The molecule has 0 spiro atoms. The zero-order valence-electron chi connectivity index (χ0n) is 13.1.